The van der Waals surface area contributed by atoms with Gasteiger partial charge in [0.05, 0.1) is 0 Å². The number of rotatable bonds is 3. The summed E-state index contributed by atoms with van der Waals surface area (Å²) in [6.07, 6.45) is 4.35. The lowest BCUT2D eigenvalue weighted by Crippen LogP contribution is -2.60. The number of alkyl halides is 3. The zero-order valence-electron chi connectivity index (χ0n) is 21.6. The Kier molecular flexibility index (Phi) is 5.88. The highest BCUT2D eigenvalue weighted by molar-refractivity contribution is 5.89. The molecule has 4 aliphatic rings. The fourth-order valence-electron chi connectivity index (χ4n) is 8.58. The number of amides is 2. The van der Waals surface area contributed by atoms with Gasteiger partial charge in [-0.1, -0.05) is 50.3 Å². The van der Waals surface area contributed by atoms with Gasteiger partial charge in [0.1, 0.15) is 0 Å². The van der Waals surface area contributed by atoms with Crippen molar-refractivity contribution in [3.05, 3.63) is 48.0 Å². The Bertz CT molecular complexity index is 1070. The molecule has 196 valence electrons. The summed E-state index contributed by atoms with van der Waals surface area (Å²) in [5, 5.41) is 2.47. The van der Waals surface area contributed by atoms with Crippen LogP contribution in [0.4, 0.5) is 13.2 Å². The van der Waals surface area contributed by atoms with E-state index in [1.807, 2.05) is 11.9 Å². The lowest BCUT2D eigenvalue weighted by atomic mass is 9.47. The minimum atomic E-state index is -4.62. The Labute approximate surface area is 211 Å². The maximum Gasteiger partial charge on any atom is 0.415 e. The van der Waals surface area contributed by atoms with Crippen LogP contribution in [0, 0.1) is 34.5 Å². The highest BCUT2D eigenvalue weighted by atomic mass is 19.4. The molecule has 2 amide bonds. The summed E-state index contributed by atoms with van der Waals surface area (Å²) >= 11 is 0. The summed E-state index contributed by atoms with van der Waals surface area (Å²) in [4.78, 5) is 27.8. The van der Waals surface area contributed by atoms with Crippen molar-refractivity contribution in [3.8, 4) is 0 Å². The van der Waals surface area contributed by atoms with Crippen molar-refractivity contribution >= 4 is 11.8 Å². The highest BCUT2D eigenvalue weighted by Crippen LogP contribution is 2.65. The Morgan fingerprint density at radius 1 is 1.03 bits per heavy atom. The van der Waals surface area contributed by atoms with Gasteiger partial charge in [0.25, 0.3) is 0 Å². The molecule has 0 saturated heterocycles. The van der Waals surface area contributed by atoms with E-state index in [-0.39, 0.29) is 28.3 Å². The van der Waals surface area contributed by atoms with Crippen molar-refractivity contribution in [1.29, 1.82) is 0 Å². The quantitative estimate of drug-likeness (QED) is 0.565. The first-order valence-electron chi connectivity index (χ1n) is 13.2. The average molecular weight is 503 g/mol. The van der Waals surface area contributed by atoms with Crippen molar-refractivity contribution in [2.24, 2.45) is 34.5 Å². The Hall–Kier alpha value is -2.31. The van der Waals surface area contributed by atoms with E-state index in [2.05, 4.69) is 25.2 Å². The molecule has 0 aromatic heterocycles. The van der Waals surface area contributed by atoms with Crippen molar-refractivity contribution in [2.45, 2.75) is 77.1 Å². The molecule has 1 aromatic carbocycles. The number of nitrogens with zero attached hydrogens (tertiary/aromatic N) is 1. The van der Waals surface area contributed by atoms with Crippen LogP contribution in [-0.4, -0.2) is 36.0 Å². The smallest absolute Gasteiger partial charge is 0.338 e. The predicted octanol–water partition coefficient (Wildman–Crippen LogP) is 5.84. The fourth-order valence-corrected chi connectivity index (χ4v) is 8.58. The average Bonchev–Trinajstić information content (AvgIpc) is 3.19. The van der Waals surface area contributed by atoms with Crippen LogP contribution in [0.3, 0.4) is 0 Å². The van der Waals surface area contributed by atoms with E-state index in [1.54, 1.807) is 24.3 Å². The van der Waals surface area contributed by atoms with E-state index < -0.39 is 23.5 Å². The van der Waals surface area contributed by atoms with Crippen LogP contribution in [0.1, 0.15) is 64.9 Å². The van der Waals surface area contributed by atoms with Crippen LogP contribution in [-0.2, 0) is 15.1 Å². The topological polar surface area (TPSA) is 49.4 Å². The third-order valence-electron chi connectivity index (χ3n) is 10.7. The fraction of sp³-hybridized carbons (Fsp3) is 0.655. The van der Waals surface area contributed by atoms with Gasteiger partial charge >= 0.3 is 6.18 Å². The molecule has 8 atom stereocenters. The van der Waals surface area contributed by atoms with E-state index in [1.165, 1.54) is 12.1 Å². The standard InChI is InChI=1S/C29H37F3N2O2/c1-26-16-14-21-19(10-13-23-27(21,2)17-15-24(35)34(23)4)20(26)11-12-22(26)25(36)33-28(3,29(30,31)32)18-8-6-5-7-9-18/h5-9,15,17,19-23H,10-14,16H2,1-4H3,(H,33,36)/t19-,20-,21+,22?,23?,26-,27+,28?/m0/s1. The van der Waals surface area contributed by atoms with Crippen molar-refractivity contribution in [2.75, 3.05) is 7.05 Å². The van der Waals surface area contributed by atoms with E-state index in [0.717, 1.165) is 39.0 Å². The first kappa shape index (κ1) is 25.3. The first-order valence-corrected chi connectivity index (χ1v) is 13.2. The third-order valence-corrected chi connectivity index (χ3v) is 10.7. The molecule has 3 unspecified atom stereocenters. The molecular formula is C29H37F3N2O2. The molecule has 5 rings (SSSR count). The van der Waals surface area contributed by atoms with E-state index in [9.17, 15) is 22.8 Å². The van der Waals surface area contributed by atoms with E-state index >= 15 is 0 Å². The summed E-state index contributed by atoms with van der Waals surface area (Å²) in [5.74, 6) is 0.260. The molecule has 3 aliphatic carbocycles. The molecule has 7 heteroatoms. The largest absolute Gasteiger partial charge is 0.415 e. The van der Waals surface area contributed by atoms with Gasteiger partial charge in [0.15, 0.2) is 5.54 Å². The molecule has 3 saturated carbocycles. The van der Waals surface area contributed by atoms with Crippen molar-refractivity contribution in [3.63, 3.8) is 0 Å². The number of likely N-dealkylation sites (N-methyl/N-ethyl adjacent to an activating group) is 1. The van der Waals surface area contributed by atoms with Crippen LogP contribution in [0.2, 0.25) is 0 Å². The van der Waals surface area contributed by atoms with Crippen LogP contribution in [0.25, 0.3) is 0 Å². The second kappa shape index (κ2) is 8.35. The van der Waals surface area contributed by atoms with Gasteiger partial charge in [-0.3, -0.25) is 9.59 Å². The number of hydrogen-bond acceptors (Lipinski definition) is 2. The number of carbonyl (C=O) groups excluding carboxylic acids is 2. The molecule has 0 spiro atoms. The number of nitrogens with one attached hydrogen (secondary N) is 1. The van der Waals surface area contributed by atoms with Gasteiger partial charge in [0, 0.05) is 24.4 Å². The lowest BCUT2D eigenvalue weighted by molar-refractivity contribution is -0.199. The molecule has 1 aliphatic heterocycles. The second-order valence-corrected chi connectivity index (χ2v) is 12.3. The number of hydrogen-bond donors (Lipinski definition) is 1. The summed E-state index contributed by atoms with van der Waals surface area (Å²) < 4.78 is 42.9. The zero-order valence-corrected chi connectivity index (χ0v) is 21.6. The van der Waals surface area contributed by atoms with Gasteiger partial charge in [-0.15, -0.1) is 0 Å². The molecule has 4 nitrogen and oxygen atoms in total. The van der Waals surface area contributed by atoms with Gasteiger partial charge in [-0.25, -0.2) is 0 Å². The summed E-state index contributed by atoms with van der Waals surface area (Å²) in [6.45, 7) is 5.48. The molecule has 1 N–H and O–H groups in total. The monoisotopic (exact) mass is 502 g/mol. The summed E-state index contributed by atoms with van der Waals surface area (Å²) in [7, 11) is 1.89. The summed E-state index contributed by atoms with van der Waals surface area (Å²) in [6, 6.07) is 7.85. The van der Waals surface area contributed by atoms with Gasteiger partial charge in [0.2, 0.25) is 11.8 Å². The molecule has 0 bridgehead atoms. The molecule has 3 fully saturated rings. The molecule has 1 aromatic rings. The van der Waals surface area contributed by atoms with Crippen molar-refractivity contribution in [1.82, 2.24) is 10.2 Å². The number of halogens is 3. The molecule has 0 radical (unpaired) electrons. The number of carbonyl (C=O) groups is 2. The maximum absolute atomic E-state index is 14.3. The van der Waals surface area contributed by atoms with Crippen LogP contribution < -0.4 is 5.32 Å². The van der Waals surface area contributed by atoms with E-state index in [4.69, 9.17) is 0 Å². The highest BCUT2D eigenvalue weighted by Gasteiger charge is 2.62. The van der Waals surface area contributed by atoms with Crippen LogP contribution in [0.15, 0.2) is 42.5 Å². The number of benzene rings is 1. The lowest BCUT2D eigenvalue weighted by Gasteiger charge is -2.60. The molecular weight excluding hydrogens is 465 g/mol. The van der Waals surface area contributed by atoms with Gasteiger partial charge in [-0.05, 0) is 80.3 Å². The Balaban J connectivity index is 1.40. The summed E-state index contributed by atoms with van der Waals surface area (Å²) in [5.41, 5.74) is -2.82. The Morgan fingerprint density at radius 2 is 1.72 bits per heavy atom. The second-order valence-electron chi connectivity index (χ2n) is 12.3. The zero-order chi connectivity index (χ0) is 26.1. The SMILES string of the molecule is CN1C(=O)C=C[C@@]2(C)C1CC[C@@H]1[C@H]2CC[C@]2(C)C(C(=O)NC(C)(c3ccccc3)C(F)(F)F)CC[C@@H]12. The van der Waals surface area contributed by atoms with Gasteiger partial charge < -0.3 is 10.2 Å². The first-order chi connectivity index (χ1) is 16.8. The maximum atomic E-state index is 14.3. The molecule has 36 heavy (non-hydrogen) atoms. The minimum absolute atomic E-state index is 0.0447. The number of fused-ring (bicyclic) bond motifs is 5. The predicted molar refractivity (Wildman–Crippen MR) is 132 cm³/mol. The third kappa shape index (κ3) is 3.55. The van der Waals surface area contributed by atoms with Gasteiger partial charge in [-0.2, -0.15) is 13.2 Å². The Morgan fingerprint density at radius 3 is 2.39 bits per heavy atom. The normalized spacial score (nSPS) is 39.6. The van der Waals surface area contributed by atoms with E-state index in [0.29, 0.717) is 24.2 Å². The minimum Gasteiger partial charge on any atom is -0.338 e. The van der Waals surface area contributed by atoms with Crippen molar-refractivity contribution < 1.29 is 22.8 Å². The van der Waals surface area contributed by atoms with Crippen LogP contribution in [0.5, 0.6) is 0 Å². The molecule has 1 heterocycles. The van der Waals surface area contributed by atoms with Crippen LogP contribution >= 0.6 is 0 Å².